The third-order valence-corrected chi connectivity index (χ3v) is 19.4. The summed E-state index contributed by atoms with van der Waals surface area (Å²) in [6.45, 7) is 11.9. The zero-order valence-electron chi connectivity index (χ0n) is 60.7. The zero-order chi connectivity index (χ0) is 68.7. The van der Waals surface area contributed by atoms with Gasteiger partial charge in [-0.05, 0) is 43.4 Å². The van der Waals surface area contributed by atoms with Gasteiger partial charge in [-0.2, -0.15) is 0 Å². The summed E-state index contributed by atoms with van der Waals surface area (Å²) < 4.78 is 68.4. The van der Waals surface area contributed by atoms with Gasteiger partial charge in [-0.1, -0.05) is 325 Å². The number of phosphoric ester groups is 2. The van der Waals surface area contributed by atoms with E-state index in [9.17, 15) is 43.2 Å². The van der Waals surface area contributed by atoms with Gasteiger partial charge in [0, 0.05) is 25.7 Å². The van der Waals surface area contributed by atoms with Gasteiger partial charge < -0.3 is 33.8 Å². The van der Waals surface area contributed by atoms with Crippen molar-refractivity contribution in [2.75, 3.05) is 39.6 Å². The number of unbranched alkanes of at least 4 members (excludes halogenated alkanes) is 39. The van der Waals surface area contributed by atoms with Crippen LogP contribution in [-0.2, 0) is 65.4 Å². The zero-order valence-corrected chi connectivity index (χ0v) is 62.5. The van der Waals surface area contributed by atoms with Crippen LogP contribution in [0.2, 0.25) is 0 Å². The molecule has 552 valence electrons. The Morgan fingerprint density at radius 1 is 0.312 bits per heavy atom. The summed E-state index contributed by atoms with van der Waals surface area (Å²) in [6.07, 6.45) is 49.9. The van der Waals surface area contributed by atoms with Crippen LogP contribution in [0.4, 0.5) is 0 Å². The molecule has 3 unspecified atom stereocenters. The molecule has 0 aromatic heterocycles. The van der Waals surface area contributed by atoms with Gasteiger partial charge in [0.2, 0.25) is 0 Å². The van der Waals surface area contributed by atoms with Crippen LogP contribution in [0.1, 0.15) is 376 Å². The highest BCUT2D eigenvalue weighted by atomic mass is 31.2. The van der Waals surface area contributed by atoms with Crippen molar-refractivity contribution in [3.8, 4) is 0 Å². The molecule has 17 nitrogen and oxygen atoms in total. The normalized spacial score (nSPS) is 14.4. The van der Waals surface area contributed by atoms with Crippen LogP contribution in [-0.4, -0.2) is 96.7 Å². The van der Waals surface area contributed by atoms with Gasteiger partial charge in [-0.25, -0.2) is 9.13 Å². The standard InChI is InChI=1S/C74H144O17P2/c1-8-10-11-12-13-24-34-41-48-55-71(76)84-61-70(91-74(79)58-51-44-37-30-29-32-39-46-53-66(5)6)64-89-93(82,83)87-60-68(75)59-86-92(80,81)88-63-69(62-85-72(77)56-49-42-35-27-22-19-18-20-25-31-38-45-52-65(3)4)90-73(78)57-50-43-36-28-23-17-15-14-16-21-26-33-40-47-54-67(7)9-2/h65-70,75H,8-64H2,1-7H3,(H,80,81)(H,82,83)/t67?,68-,69-,70-/m1/s1. The average molecular weight is 1370 g/mol. The second-order valence-electron chi connectivity index (χ2n) is 27.9. The van der Waals surface area contributed by atoms with E-state index in [1.165, 1.54) is 186 Å². The van der Waals surface area contributed by atoms with Crippen LogP contribution in [0.5, 0.6) is 0 Å². The monoisotopic (exact) mass is 1370 g/mol. The minimum absolute atomic E-state index is 0.104. The van der Waals surface area contributed by atoms with Crippen molar-refractivity contribution in [1.29, 1.82) is 0 Å². The van der Waals surface area contributed by atoms with Crippen LogP contribution < -0.4 is 0 Å². The Bertz CT molecular complexity index is 1820. The predicted octanol–water partition coefficient (Wildman–Crippen LogP) is 21.4. The number of aliphatic hydroxyl groups excluding tert-OH is 1. The number of carbonyl (C=O) groups excluding carboxylic acids is 4. The van der Waals surface area contributed by atoms with Gasteiger partial charge in [0.1, 0.15) is 19.3 Å². The maximum Gasteiger partial charge on any atom is 0.472 e. The lowest BCUT2D eigenvalue weighted by Gasteiger charge is -2.21. The number of hydrogen-bond donors (Lipinski definition) is 3. The van der Waals surface area contributed by atoms with Crippen LogP contribution in [0.15, 0.2) is 0 Å². The quantitative estimate of drug-likeness (QED) is 0.0222. The maximum atomic E-state index is 13.1. The molecule has 0 radical (unpaired) electrons. The first kappa shape index (κ1) is 91.1. The molecular weight excluding hydrogens is 1220 g/mol. The molecule has 0 saturated carbocycles. The van der Waals surface area contributed by atoms with Crippen molar-refractivity contribution in [3.63, 3.8) is 0 Å². The van der Waals surface area contributed by atoms with E-state index in [-0.39, 0.29) is 25.7 Å². The second-order valence-corrected chi connectivity index (χ2v) is 30.8. The fourth-order valence-electron chi connectivity index (χ4n) is 11.2. The fraction of sp³-hybridized carbons (Fsp3) is 0.946. The molecule has 0 aromatic carbocycles. The minimum Gasteiger partial charge on any atom is -0.462 e. The number of esters is 4. The van der Waals surface area contributed by atoms with E-state index in [0.717, 1.165) is 108 Å². The van der Waals surface area contributed by atoms with E-state index in [1.807, 2.05) is 0 Å². The maximum absolute atomic E-state index is 13.1. The molecule has 0 aliphatic heterocycles. The number of aliphatic hydroxyl groups is 1. The molecule has 0 aromatic rings. The third-order valence-electron chi connectivity index (χ3n) is 17.5. The van der Waals surface area contributed by atoms with Crippen molar-refractivity contribution in [2.45, 2.75) is 394 Å². The van der Waals surface area contributed by atoms with Gasteiger partial charge in [-0.15, -0.1) is 0 Å². The van der Waals surface area contributed by atoms with Gasteiger partial charge in [-0.3, -0.25) is 37.3 Å². The molecule has 0 amide bonds. The van der Waals surface area contributed by atoms with Crippen LogP contribution in [0.3, 0.4) is 0 Å². The molecular formula is C74H144O17P2. The van der Waals surface area contributed by atoms with E-state index in [4.69, 9.17) is 37.0 Å². The van der Waals surface area contributed by atoms with Crippen molar-refractivity contribution in [3.05, 3.63) is 0 Å². The molecule has 6 atom stereocenters. The summed E-state index contributed by atoms with van der Waals surface area (Å²) in [5, 5.41) is 10.6. The lowest BCUT2D eigenvalue weighted by molar-refractivity contribution is -0.161. The molecule has 0 saturated heterocycles. The molecule has 19 heteroatoms. The summed E-state index contributed by atoms with van der Waals surface area (Å²) in [5.41, 5.74) is 0. The van der Waals surface area contributed by atoms with Crippen molar-refractivity contribution < 1.29 is 80.2 Å². The largest absolute Gasteiger partial charge is 0.472 e. The summed E-state index contributed by atoms with van der Waals surface area (Å²) in [7, 11) is -9.91. The molecule has 0 spiro atoms. The number of carbonyl (C=O) groups is 4. The Balaban J connectivity index is 5.23. The smallest absolute Gasteiger partial charge is 0.462 e. The highest BCUT2D eigenvalue weighted by molar-refractivity contribution is 7.47. The first-order chi connectivity index (χ1) is 44.8. The van der Waals surface area contributed by atoms with Crippen LogP contribution >= 0.6 is 15.6 Å². The number of rotatable bonds is 72. The molecule has 93 heavy (non-hydrogen) atoms. The van der Waals surface area contributed by atoms with Gasteiger partial charge in [0.05, 0.1) is 26.4 Å². The van der Waals surface area contributed by atoms with Crippen molar-refractivity contribution >= 4 is 39.5 Å². The van der Waals surface area contributed by atoms with E-state index in [1.54, 1.807) is 0 Å². The molecule has 0 aliphatic rings. The Morgan fingerprint density at radius 3 is 0.817 bits per heavy atom. The summed E-state index contributed by atoms with van der Waals surface area (Å²) >= 11 is 0. The minimum atomic E-state index is -4.96. The fourth-order valence-corrected chi connectivity index (χ4v) is 12.8. The Kier molecular flexibility index (Phi) is 63.4. The van der Waals surface area contributed by atoms with Crippen molar-refractivity contribution in [2.24, 2.45) is 17.8 Å². The first-order valence-electron chi connectivity index (χ1n) is 38.4. The molecule has 0 aliphatic carbocycles. The highest BCUT2D eigenvalue weighted by Gasteiger charge is 2.30. The van der Waals surface area contributed by atoms with Gasteiger partial charge in [0.25, 0.3) is 0 Å². The lowest BCUT2D eigenvalue weighted by atomic mass is 9.99. The second kappa shape index (κ2) is 64.7. The topological polar surface area (TPSA) is 237 Å². The van der Waals surface area contributed by atoms with E-state index in [2.05, 4.69) is 48.5 Å². The molecule has 0 heterocycles. The van der Waals surface area contributed by atoms with Crippen molar-refractivity contribution in [1.82, 2.24) is 0 Å². The predicted molar refractivity (Wildman–Crippen MR) is 377 cm³/mol. The van der Waals surface area contributed by atoms with E-state index in [0.29, 0.717) is 25.7 Å². The molecule has 3 N–H and O–H groups in total. The first-order valence-corrected chi connectivity index (χ1v) is 41.4. The molecule has 0 fully saturated rings. The molecule has 0 bridgehead atoms. The van der Waals surface area contributed by atoms with Crippen LogP contribution in [0, 0.1) is 17.8 Å². The number of ether oxygens (including phenoxy) is 4. The number of hydrogen-bond acceptors (Lipinski definition) is 15. The average Bonchev–Trinajstić information content (AvgIpc) is 3.38. The van der Waals surface area contributed by atoms with E-state index < -0.39 is 97.5 Å². The van der Waals surface area contributed by atoms with Gasteiger partial charge >= 0.3 is 39.5 Å². The van der Waals surface area contributed by atoms with Gasteiger partial charge in [0.15, 0.2) is 12.2 Å². The third kappa shape index (κ3) is 67.0. The summed E-state index contributed by atoms with van der Waals surface area (Å²) in [5.74, 6) is 0.223. The Hall–Kier alpha value is -1.94. The number of phosphoric acid groups is 2. The summed E-state index contributed by atoms with van der Waals surface area (Å²) in [6, 6.07) is 0. The lowest BCUT2D eigenvalue weighted by Crippen LogP contribution is -2.30. The highest BCUT2D eigenvalue weighted by Crippen LogP contribution is 2.45. The summed E-state index contributed by atoms with van der Waals surface area (Å²) in [4.78, 5) is 72.7. The van der Waals surface area contributed by atoms with E-state index >= 15 is 0 Å². The SMILES string of the molecule is CCCCCCCCCCCC(=O)OC[C@H](COP(=O)(O)OC[C@H](O)COP(=O)(O)OC[C@@H](COC(=O)CCCCCCCCCCCCCCC(C)C)OC(=O)CCCCCCCCCCCCCCCCC(C)CC)OC(=O)CCCCCCCCCCC(C)C. The Morgan fingerprint density at radius 2 is 0.548 bits per heavy atom. The Labute approximate surface area is 568 Å². The van der Waals surface area contributed by atoms with Crippen LogP contribution in [0.25, 0.3) is 0 Å². The molecule has 0 rings (SSSR count).